The molecule has 0 amide bonds. The Labute approximate surface area is 174 Å². The third-order valence-electron chi connectivity index (χ3n) is 4.74. The van der Waals surface area contributed by atoms with Gasteiger partial charge in [0.2, 0.25) is 0 Å². The molecule has 2 aromatic rings. The number of carbonyl (C=O) groups excluding carboxylic acids is 1. The van der Waals surface area contributed by atoms with Gasteiger partial charge in [-0.3, -0.25) is 0 Å². The fourth-order valence-electron chi connectivity index (χ4n) is 2.98. The van der Waals surface area contributed by atoms with Crippen LogP contribution >= 0.6 is 0 Å². The van der Waals surface area contributed by atoms with E-state index in [2.05, 4.69) is 46.7 Å². The Morgan fingerprint density at radius 3 is 1.79 bits per heavy atom. The summed E-state index contributed by atoms with van der Waals surface area (Å²) in [5.41, 5.74) is 3.34. The molecule has 156 valence electrons. The van der Waals surface area contributed by atoms with Gasteiger partial charge in [0.1, 0.15) is 11.5 Å². The molecule has 0 fully saturated rings. The predicted octanol–water partition coefficient (Wildman–Crippen LogP) is 5.94. The smallest absolute Gasteiger partial charge is 0.337 e. The van der Waals surface area contributed by atoms with Gasteiger partial charge in [-0.1, -0.05) is 90.9 Å². The molecule has 0 saturated carbocycles. The molecule has 0 heterocycles. The van der Waals surface area contributed by atoms with Crippen molar-refractivity contribution in [2.75, 3.05) is 0 Å². The average molecular weight is 396 g/mol. The molecule has 0 spiro atoms. The molecule has 0 saturated heterocycles. The van der Waals surface area contributed by atoms with Gasteiger partial charge in [0, 0.05) is 22.3 Å². The topological polar surface area (TPSA) is 58.9 Å². The SMILES string of the molecule is CC(C)C(=O)ON=C(c1ccccc1)c1cc(C(C)(C)C)c(O)c(C(C)(C)C)c1. The molecule has 0 unspecified atom stereocenters. The van der Waals surface area contributed by atoms with E-state index in [-0.39, 0.29) is 22.7 Å². The van der Waals surface area contributed by atoms with E-state index in [4.69, 9.17) is 4.84 Å². The van der Waals surface area contributed by atoms with E-state index in [9.17, 15) is 9.90 Å². The lowest BCUT2D eigenvalue weighted by molar-refractivity contribution is -0.147. The summed E-state index contributed by atoms with van der Waals surface area (Å²) in [5.74, 6) is -0.351. The van der Waals surface area contributed by atoms with Gasteiger partial charge in [-0.25, -0.2) is 4.79 Å². The van der Waals surface area contributed by atoms with Crippen molar-refractivity contribution in [1.82, 2.24) is 0 Å². The minimum absolute atomic E-state index is 0.267. The van der Waals surface area contributed by atoms with E-state index in [1.165, 1.54) is 0 Å². The molecule has 0 aromatic heterocycles. The number of hydrogen-bond acceptors (Lipinski definition) is 4. The maximum Gasteiger partial charge on any atom is 0.337 e. The predicted molar refractivity (Wildman–Crippen MR) is 119 cm³/mol. The highest BCUT2D eigenvalue weighted by Gasteiger charge is 2.28. The molecule has 0 aliphatic rings. The summed E-state index contributed by atoms with van der Waals surface area (Å²) in [6, 6.07) is 13.5. The monoisotopic (exact) mass is 395 g/mol. The molecule has 1 N–H and O–H groups in total. The van der Waals surface area contributed by atoms with Crippen LogP contribution < -0.4 is 0 Å². The molecule has 2 rings (SSSR count). The Balaban J connectivity index is 2.76. The van der Waals surface area contributed by atoms with Crippen LogP contribution in [0.4, 0.5) is 0 Å². The highest BCUT2D eigenvalue weighted by Crippen LogP contribution is 2.40. The molecule has 0 bridgehead atoms. The lowest BCUT2D eigenvalue weighted by atomic mass is 9.77. The molecule has 0 aliphatic heterocycles. The van der Waals surface area contributed by atoms with Crippen LogP contribution in [0.1, 0.15) is 77.6 Å². The number of aromatic hydroxyl groups is 1. The number of rotatable bonds is 4. The summed E-state index contributed by atoms with van der Waals surface area (Å²) in [4.78, 5) is 17.3. The van der Waals surface area contributed by atoms with Crippen LogP contribution in [0.25, 0.3) is 0 Å². The van der Waals surface area contributed by atoms with Gasteiger partial charge in [-0.15, -0.1) is 0 Å². The number of phenolic OH excluding ortho intramolecular Hbond substituents is 1. The Kier molecular flexibility index (Phi) is 6.56. The fourth-order valence-corrected chi connectivity index (χ4v) is 2.98. The first-order valence-electron chi connectivity index (χ1n) is 10.0. The van der Waals surface area contributed by atoms with E-state index >= 15 is 0 Å². The van der Waals surface area contributed by atoms with Gasteiger partial charge in [-0.2, -0.15) is 0 Å². The maximum absolute atomic E-state index is 12.0. The van der Waals surface area contributed by atoms with E-state index in [1.54, 1.807) is 13.8 Å². The molecule has 0 atom stereocenters. The normalized spacial score (nSPS) is 12.9. The van der Waals surface area contributed by atoms with Gasteiger partial charge in [0.25, 0.3) is 0 Å². The van der Waals surface area contributed by atoms with Gasteiger partial charge in [0.05, 0.1) is 5.92 Å². The zero-order valence-corrected chi connectivity index (χ0v) is 18.8. The number of benzene rings is 2. The van der Waals surface area contributed by atoms with Crippen molar-refractivity contribution >= 4 is 11.7 Å². The van der Waals surface area contributed by atoms with Crippen molar-refractivity contribution in [2.45, 2.75) is 66.2 Å². The molecular formula is C25H33NO3. The second kappa shape index (κ2) is 8.40. The lowest BCUT2D eigenvalue weighted by Crippen LogP contribution is -2.19. The van der Waals surface area contributed by atoms with Crippen LogP contribution in [0, 0.1) is 5.92 Å². The molecule has 29 heavy (non-hydrogen) atoms. The summed E-state index contributed by atoms with van der Waals surface area (Å²) in [6.45, 7) is 15.9. The molecule has 2 aromatic carbocycles. The first-order chi connectivity index (χ1) is 13.3. The summed E-state index contributed by atoms with van der Waals surface area (Å²) >= 11 is 0. The third-order valence-corrected chi connectivity index (χ3v) is 4.74. The zero-order chi connectivity index (χ0) is 22.0. The highest BCUT2D eigenvalue weighted by atomic mass is 16.7. The van der Waals surface area contributed by atoms with E-state index < -0.39 is 0 Å². The molecular weight excluding hydrogens is 362 g/mol. The van der Waals surface area contributed by atoms with Crippen molar-refractivity contribution in [2.24, 2.45) is 11.1 Å². The maximum atomic E-state index is 12.0. The van der Waals surface area contributed by atoms with E-state index in [0.717, 1.165) is 22.3 Å². The van der Waals surface area contributed by atoms with Crippen LogP contribution in [0.2, 0.25) is 0 Å². The van der Waals surface area contributed by atoms with E-state index in [1.807, 2.05) is 42.5 Å². The molecule has 0 aliphatic carbocycles. The number of hydrogen-bond donors (Lipinski definition) is 1. The van der Waals surface area contributed by atoms with Crippen LogP contribution in [0.5, 0.6) is 5.75 Å². The average Bonchev–Trinajstić information content (AvgIpc) is 2.61. The molecule has 4 heteroatoms. The van der Waals surface area contributed by atoms with Crippen LogP contribution in [-0.4, -0.2) is 16.8 Å². The second-order valence-electron chi connectivity index (χ2n) is 9.79. The molecule has 0 radical (unpaired) electrons. The third kappa shape index (κ3) is 5.47. The molecule has 4 nitrogen and oxygen atoms in total. The van der Waals surface area contributed by atoms with Crippen molar-refractivity contribution < 1.29 is 14.7 Å². The minimum Gasteiger partial charge on any atom is -0.507 e. The Bertz CT molecular complexity index is 863. The summed E-state index contributed by atoms with van der Waals surface area (Å²) in [6.07, 6.45) is 0. The number of carbonyl (C=O) groups is 1. The van der Waals surface area contributed by atoms with Crippen LogP contribution in [0.15, 0.2) is 47.6 Å². The first-order valence-corrected chi connectivity index (χ1v) is 10.0. The summed E-state index contributed by atoms with van der Waals surface area (Å²) in [7, 11) is 0. The van der Waals surface area contributed by atoms with E-state index in [0.29, 0.717) is 11.5 Å². The van der Waals surface area contributed by atoms with Crippen LogP contribution in [0.3, 0.4) is 0 Å². The Morgan fingerprint density at radius 2 is 1.38 bits per heavy atom. The Hall–Kier alpha value is -2.62. The van der Waals surface area contributed by atoms with Gasteiger partial charge in [-0.05, 0) is 23.0 Å². The standard InChI is InChI=1S/C25H33NO3/c1-16(2)23(28)29-26-21(17-12-10-9-11-13-17)18-14-19(24(3,4)5)22(27)20(15-18)25(6,7)8/h9-16,27H,1-8H3. The van der Waals surface area contributed by atoms with Crippen LogP contribution in [-0.2, 0) is 20.5 Å². The Morgan fingerprint density at radius 1 is 0.897 bits per heavy atom. The highest BCUT2D eigenvalue weighted by molar-refractivity contribution is 6.13. The quantitative estimate of drug-likeness (QED) is 0.396. The number of phenols is 1. The second-order valence-corrected chi connectivity index (χ2v) is 9.79. The largest absolute Gasteiger partial charge is 0.507 e. The van der Waals surface area contributed by atoms with Gasteiger partial charge < -0.3 is 9.94 Å². The minimum atomic E-state index is -0.385. The lowest BCUT2D eigenvalue weighted by Gasteiger charge is -2.28. The summed E-state index contributed by atoms with van der Waals surface area (Å²) in [5, 5.41) is 15.2. The first kappa shape index (κ1) is 22.7. The van der Waals surface area contributed by atoms with Crippen molar-refractivity contribution in [3.05, 3.63) is 64.7 Å². The number of nitrogens with zero attached hydrogens (tertiary/aromatic N) is 1. The van der Waals surface area contributed by atoms with Crippen molar-refractivity contribution in [1.29, 1.82) is 0 Å². The summed E-state index contributed by atoms with van der Waals surface area (Å²) < 4.78 is 0. The van der Waals surface area contributed by atoms with Gasteiger partial charge in [0.15, 0.2) is 0 Å². The van der Waals surface area contributed by atoms with Crippen molar-refractivity contribution in [3.8, 4) is 5.75 Å². The van der Waals surface area contributed by atoms with Crippen molar-refractivity contribution in [3.63, 3.8) is 0 Å². The zero-order valence-electron chi connectivity index (χ0n) is 18.8. The van der Waals surface area contributed by atoms with Gasteiger partial charge >= 0.3 is 5.97 Å². The fraction of sp³-hybridized carbons (Fsp3) is 0.440. The number of oxime groups is 1.